The number of hydrogen-bond donors (Lipinski definition) is 1. The van der Waals surface area contributed by atoms with Gasteiger partial charge in [0.1, 0.15) is 6.79 Å². The van der Waals surface area contributed by atoms with Gasteiger partial charge < -0.3 is 14.6 Å². The normalized spacial score (nSPS) is 29.8. The third kappa shape index (κ3) is 2.26. The van der Waals surface area contributed by atoms with Crippen molar-refractivity contribution in [3.05, 3.63) is 18.0 Å². The minimum atomic E-state index is -0.290. The molecule has 1 saturated carbocycles. The fraction of sp³-hybridized carbons (Fsp3) is 0.727. The zero-order valence-corrected chi connectivity index (χ0v) is 9.67. The van der Waals surface area contributed by atoms with Crippen LogP contribution >= 0.6 is 0 Å². The Balaban J connectivity index is 2.09. The molecule has 0 radical (unpaired) electrons. The first-order valence-corrected chi connectivity index (χ1v) is 5.49. The fourth-order valence-corrected chi connectivity index (χ4v) is 2.37. The average molecular weight is 226 g/mol. The lowest BCUT2D eigenvalue weighted by atomic mass is 10.0. The molecule has 0 amide bonds. The third-order valence-corrected chi connectivity index (χ3v) is 3.12. The van der Waals surface area contributed by atoms with Gasteiger partial charge in [0.25, 0.3) is 0 Å². The molecule has 5 nitrogen and oxygen atoms in total. The molecule has 0 aromatic carbocycles. The van der Waals surface area contributed by atoms with Gasteiger partial charge in [-0.2, -0.15) is 5.10 Å². The van der Waals surface area contributed by atoms with Gasteiger partial charge in [-0.05, 0) is 12.5 Å². The van der Waals surface area contributed by atoms with Crippen LogP contribution in [0.5, 0.6) is 0 Å². The molecular weight excluding hydrogens is 208 g/mol. The molecule has 0 saturated heterocycles. The first-order valence-electron chi connectivity index (χ1n) is 5.49. The van der Waals surface area contributed by atoms with Crippen LogP contribution < -0.4 is 0 Å². The van der Waals surface area contributed by atoms with Gasteiger partial charge in [0.2, 0.25) is 0 Å². The predicted molar refractivity (Wildman–Crippen MR) is 57.9 cm³/mol. The van der Waals surface area contributed by atoms with Gasteiger partial charge in [0.15, 0.2) is 0 Å². The molecule has 2 rings (SSSR count). The molecule has 5 heteroatoms. The summed E-state index contributed by atoms with van der Waals surface area (Å²) < 4.78 is 12.3. The molecule has 0 aliphatic heterocycles. The smallest absolute Gasteiger partial charge is 0.146 e. The van der Waals surface area contributed by atoms with Crippen LogP contribution in [-0.4, -0.2) is 41.0 Å². The first kappa shape index (κ1) is 11.6. The number of ether oxygens (including phenoxy) is 2. The van der Waals surface area contributed by atoms with Crippen LogP contribution in [0.25, 0.3) is 0 Å². The van der Waals surface area contributed by atoms with Crippen molar-refractivity contribution in [3.8, 4) is 0 Å². The average Bonchev–Trinajstić information content (AvgIpc) is 2.81. The Morgan fingerprint density at radius 3 is 3.00 bits per heavy atom. The number of hydrogen-bond acceptors (Lipinski definition) is 4. The second-order valence-electron chi connectivity index (χ2n) is 4.22. The van der Waals surface area contributed by atoms with Gasteiger partial charge in [-0.1, -0.05) is 0 Å². The minimum Gasteiger partial charge on any atom is -0.393 e. The Bertz CT molecular complexity index is 340. The monoisotopic (exact) mass is 226 g/mol. The summed E-state index contributed by atoms with van der Waals surface area (Å²) in [6.45, 7) is 0.270. The van der Waals surface area contributed by atoms with E-state index in [4.69, 9.17) is 9.47 Å². The van der Waals surface area contributed by atoms with Crippen molar-refractivity contribution < 1.29 is 14.6 Å². The Hall–Kier alpha value is -0.910. The van der Waals surface area contributed by atoms with E-state index < -0.39 is 0 Å². The van der Waals surface area contributed by atoms with E-state index in [-0.39, 0.29) is 24.9 Å². The molecule has 1 heterocycles. The molecule has 1 aliphatic carbocycles. The number of aryl methyl sites for hydroxylation is 1. The summed E-state index contributed by atoms with van der Waals surface area (Å²) in [6, 6.07) is 1.98. The highest BCUT2D eigenvalue weighted by atomic mass is 16.7. The molecule has 0 unspecified atom stereocenters. The summed E-state index contributed by atoms with van der Waals surface area (Å²) in [6.07, 6.45) is 2.90. The molecule has 16 heavy (non-hydrogen) atoms. The molecule has 3 atom stereocenters. The molecule has 0 bridgehead atoms. The Kier molecular flexibility index (Phi) is 3.58. The Morgan fingerprint density at radius 1 is 1.56 bits per heavy atom. The van der Waals surface area contributed by atoms with Crippen LogP contribution in [0.3, 0.4) is 0 Å². The maximum absolute atomic E-state index is 9.71. The molecule has 1 N–H and O–H groups in total. The third-order valence-electron chi connectivity index (χ3n) is 3.12. The van der Waals surface area contributed by atoms with Crippen molar-refractivity contribution in [2.75, 3.05) is 13.9 Å². The largest absolute Gasteiger partial charge is 0.393 e. The summed E-state index contributed by atoms with van der Waals surface area (Å²) in [5, 5.41) is 13.9. The van der Waals surface area contributed by atoms with Crippen LogP contribution in [0, 0.1) is 0 Å². The van der Waals surface area contributed by atoms with E-state index in [1.807, 2.05) is 17.8 Å². The molecular formula is C11H18N2O3. The van der Waals surface area contributed by atoms with E-state index in [9.17, 15) is 5.11 Å². The number of rotatable bonds is 4. The van der Waals surface area contributed by atoms with Gasteiger partial charge in [0.05, 0.1) is 12.2 Å². The molecule has 1 aromatic heterocycles. The summed E-state index contributed by atoms with van der Waals surface area (Å²) in [5.41, 5.74) is 1.11. The van der Waals surface area contributed by atoms with E-state index in [2.05, 4.69) is 5.10 Å². The van der Waals surface area contributed by atoms with E-state index in [0.29, 0.717) is 6.42 Å². The van der Waals surface area contributed by atoms with Crippen molar-refractivity contribution in [1.82, 2.24) is 9.78 Å². The maximum atomic E-state index is 9.71. The van der Waals surface area contributed by atoms with Crippen molar-refractivity contribution in [3.63, 3.8) is 0 Å². The van der Waals surface area contributed by atoms with Crippen LogP contribution in [0.4, 0.5) is 0 Å². The van der Waals surface area contributed by atoms with E-state index >= 15 is 0 Å². The van der Waals surface area contributed by atoms with Gasteiger partial charge >= 0.3 is 0 Å². The zero-order valence-electron chi connectivity index (χ0n) is 9.67. The second kappa shape index (κ2) is 4.95. The number of methoxy groups -OCH3 is 1. The summed E-state index contributed by atoms with van der Waals surface area (Å²) in [7, 11) is 3.51. The first-order chi connectivity index (χ1) is 7.72. The lowest BCUT2D eigenvalue weighted by molar-refractivity contribution is -0.0771. The molecule has 1 fully saturated rings. The number of aliphatic hydroxyl groups excluding tert-OH is 1. The Morgan fingerprint density at radius 2 is 2.38 bits per heavy atom. The van der Waals surface area contributed by atoms with E-state index in [0.717, 1.165) is 12.1 Å². The molecule has 1 aromatic rings. The quantitative estimate of drug-likeness (QED) is 0.766. The lowest BCUT2D eigenvalue weighted by Gasteiger charge is -2.19. The predicted octanol–water partition coefficient (Wildman–Crippen LogP) is 0.647. The van der Waals surface area contributed by atoms with Gasteiger partial charge in [-0.3, -0.25) is 4.68 Å². The maximum Gasteiger partial charge on any atom is 0.146 e. The summed E-state index contributed by atoms with van der Waals surface area (Å²) >= 11 is 0. The van der Waals surface area contributed by atoms with Gasteiger partial charge in [-0.25, -0.2) is 0 Å². The van der Waals surface area contributed by atoms with Gasteiger partial charge in [-0.15, -0.1) is 0 Å². The molecule has 90 valence electrons. The summed E-state index contributed by atoms with van der Waals surface area (Å²) in [5.74, 6) is 0.206. The topological polar surface area (TPSA) is 56.5 Å². The van der Waals surface area contributed by atoms with Gasteiger partial charge in [0, 0.05) is 38.4 Å². The highest BCUT2D eigenvalue weighted by Crippen LogP contribution is 2.36. The second-order valence-corrected chi connectivity index (χ2v) is 4.22. The van der Waals surface area contributed by atoms with Crippen LogP contribution in [-0.2, 0) is 16.5 Å². The van der Waals surface area contributed by atoms with Crippen molar-refractivity contribution in [2.45, 2.75) is 31.0 Å². The van der Waals surface area contributed by atoms with E-state index in [1.54, 1.807) is 13.3 Å². The summed E-state index contributed by atoms with van der Waals surface area (Å²) in [4.78, 5) is 0. The van der Waals surface area contributed by atoms with Crippen LogP contribution in [0.15, 0.2) is 12.3 Å². The zero-order chi connectivity index (χ0) is 11.5. The number of nitrogens with zero attached hydrogens (tertiary/aromatic N) is 2. The van der Waals surface area contributed by atoms with E-state index in [1.165, 1.54) is 0 Å². The number of aromatic nitrogens is 2. The van der Waals surface area contributed by atoms with Crippen molar-refractivity contribution in [2.24, 2.45) is 7.05 Å². The van der Waals surface area contributed by atoms with Crippen LogP contribution in [0.1, 0.15) is 24.5 Å². The SMILES string of the molecule is COCO[C@H]1C[C@@H](O)C[C@@H]1c1ccnn1C. The lowest BCUT2D eigenvalue weighted by Crippen LogP contribution is -2.20. The van der Waals surface area contributed by atoms with Crippen LogP contribution in [0.2, 0.25) is 0 Å². The standard InChI is InChI=1S/C11H18N2O3/c1-13-10(3-4-12-13)9-5-8(14)6-11(9)16-7-15-2/h3-4,8-9,11,14H,5-7H2,1-2H3/t8-,9+,11-/m0/s1. The highest BCUT2D eigenvalue weighted by molar-refractivity contribution is 5.13. The fourth-order valence-electron chi connectivity index (χ4n) is 2.37. The van der Waals surface area contributed by atoms with Crippen molar-refractivity contribution >= 4 is 0 Å². The Labute approximate surface area is 95.0 Å². The number of aliphatic hydroxyl groups is 1. The molecule has 0 spiro atoms. The minimum absolute atomic E-state index is 0.0188. The molecule has 1 aliphatic rings. The van der Waals surface area contributed by atoms with Crippen molar-refractivity contribution in [1.29, 1.82) is 0 Å². The highest BCUT2D eigenvalue weighted by Gasteiger charge is 2.36.